The molecule has 0 radical (unpaired) electrons. The van der Waals surface area contributed by atoms with Gasteiger partial charge in [-0.15, -0.1) is 0 Å². The Bertz CT molecular complexity index is 525. The molecule has 1 saturated carbocycles. The number of carbonyl (C=O) groups excluding carboxylic acids is 1. The predicted molar refractivity (Wildman–Crippen MR) is 94.8 cm³/mol. The lowest BCUT2D eigenvalue weighted by Gasteiger charge is -2.31. The number of anilines is 1. The molecular formula is C19H29N3O. The van der Waals surface area contributed by atoms with E-state index >= 15 is 0 Å². The lowest BCUT2D eigenvalue weighted by Crippen LogP contribution is -2.39. The summed E-state index contributed by atoms with van der Waals surface area (Å²) in [5, 5.41) is 6.49. The number of carbonyl (C=O) groups is 1. The second-order valence-electron chi connectivity index (χ2n) is 6.99. The summed E-state index contributed by atoms with van der Waals surface area (Å²) in [7, 11) is 2.19. The third-order valence-corrected chi connectivity index (χ3v) is 5.36. The van der Waals surface area contributed by atoms with Gasteiger partial charge in [0.15, 0.2) is 0 Å². The van der Waals surface area contributed by atoms with E-state index < -0.39 is 0 Å². The number of nitrogens with zero attached hydrogens (tertiary/aromatic N) is 1. The molecule has 3 rings (SSSR count). The number of amides is 1. The van der Waals surface area contributed by atoms with Crippen LogP contribution in [0.4, 0.5) is 5.69 Å². The molecule has 0 spiro atoms. The van der Waals surface area contributed by atoms with Crippen molar-refractivity contribution in [3.63, 3.8) is 0 Å². The third-order valence-electron chi connectivity index (χ3n) is 5.36. The van der Waals surface area contributed by atoms with Crippen molar-refractivity contribution in [1.82, 2.24) is 10.2 Å². The van der Waals surface area contributed by atoms with Gasteiger partial charge in [-0.3, -0.25) is 4.79 Å². The molecule has 1 amide bonds. The van der Waals surface area contributed by atoms with Crippen LogP contribution in [-0.4, -0.2) is 43.5 Å². The van der Waals surface area contributed by atoms with E-state index in [1.165, 1.54) is 43.4 Å². The van der Waals surface area contributed by atoms with Crippen molar-refractivity contribution in [3.8, 4) is 0 Å². The molecule has 1 aliphatic carbocycles. The number of fused-ring (bicyclic) bond motifs is 1. The first-order valence-electron chi connectivity index (χ1n) is 9.04. The summed E-state index contributed by atoms with van der Waals surface area (Å²) in [6.07, 6.45) is 7.31. The predicted octanol–water partition coefficient (Wildman–Crippen LogP) is 2.97. The fourth-order valence-corrected chi connectivity index (χ4v) is 3.91. The zero-order valence-electron chi connectivity index (χ0n) is 14.2. The highest BCUT2D eigenvalue weighted by atomic mass is 16.1. The van der Waals surface area contributed by atoms with E-state index in [9.17, 15) is 4.79 Å². The molecule has 1 atom stereocenters. The van der Waals surface area contributed by atoms with Crippen molar-refractivity contribution in [2.75, 3.05) is 32.0 Å². The van der Waals surface area contributed by atoms with E-state index in [-0.39, 0.29) is 5.91 Å². The monoisotopic (exact) mass is 315 g/mol. The quantitative estimate of drug-likeness (QED) is 0.848. The molecule has 0 bridgehead atoms. The number of nitrogens with one attached hydrogen (secondary N) is 2. The Labute approximate surface area is 139 Å². The van der Waals surface area contributed by atoms with Crippen molar-refractivity contribution in [2.45, 2.75) is 50.5 Å². The molecule has 2 aliphatic rings. The van der Waals surface area contributed by atoms with Crippen LogP contribution in [0, 0.1) is 0 Å². The van der Waals surface area contributed by atoms with Gasteiger partial charge in [0.1, 0.15) is 0 Å². The number of hydrogen-bond acceptors (Lipinski definition) is 3. The summed E-state index contributed by atoms with van der Waals surface area (Å²) >= 11 is 0. The van der Waals surface area contributed by atoms with Gasteiger partial charge in [-0.25, -0.2) is 0 Å². The maximum absolute atomic E-state index is 12.2. The van der Waals surface area contributed by atoms with Crippen LogP contribution >= 0.6 is 0 Å². The first-order chi connectivity index (χ1) is 11.2. The molecule has 2 N–H and O–H groups in total. The first-order valence-corrected chi connectivity index (χ1v) is 9.04. The van der Waals surface area contributed by atoms with Crippen LogP contribution in [0.2, 0.25) is 0 Å². The van der Waals surface area contributed by atoms with Crippen LogP contribution in [0.25, 0.3) is 0 Å². The second kappa shape index (κ2) is 7.82. The summed E-state index contributed by atoms with van der Waals surface area (Å²) in [4.78, 5) is 14.6. The maximum Gasteiger partial charge on any atom is 0.220 e. The molecule has 126 valence electrons. The van der Waals surface area contributed by atoms with Crippen molar-refractivity contribution in [3.05, 3.63) is 29.8 Å². The van der Waals surface area contributed by atoms with Crippen molar-refractivity contribution >= 4 is 11.6 Å². The number of benzene rings is 1. The van der Waals surface area contributed by atoms with E-state index in [0.29, 0.717) is 18.4 Å². The summed E-state index contributed by atoms with van der Waals surface area (Å²) in [6, 6.07) is 9.02. The second-order valence-corrected chi connectivity index (χ2v) is 6.99. The molecule has 1 aromatic rings. The zero-order chi connectivity index (χ0) is 16.1. The van der Waals surface area contributed by atoms with E-state index in [4.69, 9.17) is 0 Å². The molecule has 1 aliphatic heterocycles. The van der Waals surface area contributed by atoms with E-state index in [0.717, 1.165) is 19.6 Å². The molecule has 4 heteroatoms. The number of para-hydroxylation sites is 1. The minimum absolute atomic E-state index is 0.172. The smallest absolute Gasteiger partial charge is 0.220 e. The SMILES string of the molecule is CN(CCNC(=O)CC1CNc2ccccc21)C1CCCCC1. The van der Waals surface area contributed by atoms with Gasteiger partial charge in [0.05, 0.1) is 0 Å². The molecule has 1 unspecified atom stereocenters. The first kappa shape index (κ1) is 16.3. The fraction of sp³-hybridized carbons (Fsp3) is 0.632. The lowest BCUT2D eigenvalue weighted by atomic mass is 9.94. The minimum Gasteiger partial charge on any atom is -0.384 e. The van der Waals surface area contributed by atoms with Crippen LogP contribution in [0.1, 0.15) is 50.0 Å². The highest BCUT2D eigenvalue weighted by molar-refractivity contribution is 5.78. The average Bonchev–Trinajstić information content (AvgIpc) is 2.99. The standard InChI is InChI=1S/C19H29N3O/c1-22(16-7-3-2-4-8-16)12-11-20-19(23)13-15-14-21-18-10-6-5-9-17(15)18/h5-6,9-10,15-16,21H,2-4,7-8,11-14H2,1H3,(H,20,23). The molecule has 4 nitrogen and oxygen atoms in total. The highest BCUT2D eigenvalue weighted by Gasteiger charge is 2.24. The zero-order valence-corrected chi connectivity index (χ0v) is 14.2. The third kappa shape index (κ3) is 4.25. The summed E-state index contributed by atoms with van der Waals surface area (Å²) in [6.45, 7) is 2.58. The molecule has 23 heavy (non-hydrogen) atoms. The van der Waals surface area contributed by atoms with Gasteiger partial charge < -0.3 is 15.5 Å². The van der Waals surface area contributed by atoms with E-state index in [2.05, 4.69) is 40.8 Å². The van der Waals surface area contributed by atoms with Crippen molar-refractivity contribution < 1.29 is 4.79 Å². The Balaban J connectivity index is 1.38. The Morgan fingerprint density at radius 3 is 2.87 bits per heavy atom. The Morgan fingerprint density at radius 1 is 1.26 bits per heavy atom. The lowest BCUT2D eigenvalue weighted by molar-refractivity contribution is -0.121. The Morgan fingerprint density at radius 2 is 2.04 bits per heavy atom. The average molecular weight is 315 g/mol. The van der Waals surface area contributed by atoms with Gasteiger partial charge in [0, 0.05) is 43.7 Å². The molecule has 0 saturated heterocycles. The number of rotatable bonds is 6. The minimum atomic E-state index is 0.172. The molecule has 1 fully saturated rings. The normalized spacial score (nSPS) is 21.0. The summed E-state index contributed by atoms with van der Waals surface area (Å²) in [5.74, 6) is 0.479. The Hall–Kier alpha value is -1.55. The van der Waals surface area contributed by atoms with Crippen LogP contribution in [0.15, 0.2) is 24.3 Å². The fourth-order valence-electron chi connectivity index (χ4n) is 3.91. The Kier molecular flexibility index (Phi) is 5.55. The van der Waals surface area contributed by atoms with E-state index in [1.807, 2.05) is 6.07 Å². The topological polar surface area (TPSA) is 44.4 Å². The maximum atomic E-state index is 12.2. The summed E-state index contributed by atoms with van der Waals surface area (Å²) < 4.78 is 0. The van der Waals surface area contributed by atoms with Gasteiger partial charge in [0.25, 0.3) is 0 Å². The molecular weight excluding hydrogens is 286 g/mol. The molecule has 1 aromatic carbocycles. The van der Waals surface area contributed by atoms with Crippen molar-refractivity contribution in [1.29, 1.82) is 0 Å². The number of hydrogen-bond donors (Lipinski definition) is 2. The summed E-state index contributed by atoms with van der Waals surface area (Å²) in [5.41, 5.74) is 2.46. The van der Waals surface area contributed by atoms with Crippen LogP contribution in [-0.2, 0) is 4.79 Å². The molecule has 1 heterocycles. The van der Waals surface area contributed by atoms with Gasteiger partial charge in [-0.1, -0.05) is 37.5 Å². The molecule has 0 aromatic heterocycles. The van der Waals surface area contributed by atoms with Gasteiger partial charge in [0.2, 0.25) is 5.91 Å². The van der Waals surface area contributed by atoms with Crippen molar-refractivity contribution in [2.24, 2.45) is 0 Å². The van der Waals surface area contributed by atoms with E-state index in [1.54, 1.807) is 0 Å². The highest BCUT2D eigenvalue weighted by Crippen LogP contribution is 2.32. The van der Waals surface area contributed by atoms with Gasteiger partial charge in [-0.05, 0) is 31.5 Å². The van der Waals surface area contributed by atoms with Crippen LogP contribution in [0.5, 0.6) is 0 Å². The van der Waals surface area contributed by atoms with Gasteiger partial charge in [-0.2, -0.15) is 0 Å². The largest absolute Gasteiger partial charge is 0.384 e. The van der Waals surface area contributed by atoms with Crippen LogP contribution < -0.4 is 10.6 Å². The van der Waals surface area contributed by atoms with Gasteiger partial charge >= 0.3 is 0 Å². The van der Waals surface area contributed by atoms with Crippen LogP contribution in [0.3, 0.4) is 0 Å². The number of likely N-dealkylation sites (N-methyl/N-ethyl adjacent to an activating group) is 1.